The molecule has 0 fully saturated rings. The monoisotopic (exact) mass is 221 g/mol. The SMILES string of the molecule is C=C(CC/C(C)=C/C(CC)=C(\C)N)C(C)C. The van der Waals surface area contributed by atoms with Crippen molar-refractivity contribution < 1.29 is 0 Å². The molecule has 0 amide bonds. The largest absolute Gasteiger partial charge is 0.402 e. The van der Waals surface area contributed by atoms with Gasteiger partial charge in [-0.05, 0) is 44.6 Å². The first-order valence-corrected chi connectivity index (χ1v) is 6.18. The van der Waals surface area contributed by atoms with E-state index in [0.717, 1.165) is 25.0 Å². The maximum Gasteiger partial charge on any atom is 0.00812 e. The minimum absolute atomic E-state index is 0.588. The van der Waals surface area contributed by atoms with Gasteiger partial charge in [0.05, 0.1) is 0 Å². The second-order valence-corrected chi connectivity index (χ2v) is 4.87. The highest BCUT2D eigenvalue weighted by Crippen LogP contribution is 2.18. The Kier molecular flexibility index (Phi) is 6.87. The van der Waals surface area contributed by atoms with E-state index in [1.807, 2.05) is 6.92 Å². The second-order valence-electron chi connectivity index (χ2n) is 4.87. The molecule has 1 heteroatoms. The van der Waals surface area contributed by atoms with Gasteiger partial charge in [-0.1, -0.05) is 44.6 Å². The van der Waals surface area contributed by atoms with Crippen molar-refractivity contribution in [1.82, 2.24) is 0 Å². The molecule has 0 aromatic heterocycles. The third-order valence-electron chi connectivity index (χ3n) is 2.96. The smallest absolute Gasteiger partial charge is 0.00812 e. The number of rotatable bonds is 6. The zero-order chi connectivity index (χ0) is 12.7. The van der Waals surface area contributed by atoms with Gasteiger partial charge in [-0.15, -0.1) is 0 Å². The Labute approximate surface area is 101 Å². The standard InChI is InChI=1S/C15H27N/c1-7-15(14(6)16)10-12(4)8-9-13(5)11(2)3/h10-11H,5,7-9,16H2,1-4,6H3/b12-10+,15-14+. The van der Waals surface area contributed by atoms with Crippen LogP contribution in [-0.2, 0) is 0 Å². The Morgan fingerprint density at radius 3 is 2.19 bits per heavy atom. The van der Waals surface area contributed by atoms with Crippen LogP contribution in [0.3, 0.4) is 0 Å². The van der Waals surface area contributed by atoms with Crippen molar-refractivity contribution in [3.05, 3.63) is 35.1 Å². The van der Waals surface area contributed by atoms with Gasteiger partial charge < -0.3 is 5.73 Å². The van der Waals surface area contributed by atoms with Crippen molar-refractivity contribution >= 4 is 0 Å². The van der Waals surface area contributed by atoms with Crippen LogP contribution in [0.5, 0.6) is 0 Å². The van der Waals surface area contributed by atoms with Gasteiger partial charge in [0.2, 0.25) is 0 Å². The van der Waals surface area contributed by atoms with E-state index in [1.54, 1.807) is 0 Å². The Balaban J connectivity index is 4.36. The zero-order valence-electron chi connectivity index (χ0n) is 11.6. The first-order chi connectivity index (χ1) is 7.38. The third-order valence-corrected chi connectivity index (χ3v) is 2.96. The molecule has 0 bridgehead atoms. The lowest BCUT2D eigenvalue weighted by molar-refractivity contribution is 0.711. The maximum atomic E-state index is 5.82. The molecule has 0 unspecified atom stereocenters. The summed E-state index contributed by atoms with van der Waals surface area (Å²) in [6.45, 7) is 14.8. The summed E-state index contributed by atoms with van der Waals surface area (Å²) in [5.41, 5.74) is 10.7. The molecule has 0 aliphatic rings. The van der Waals surface area contributed by atoms with Crippen LogP contribution in [0, 0.1) is 5.92 Å². The average Bonchev–Trinajstić information content (AvgIpc) is 2.21. The van der Waals surface area contributed by atoms with E-state index < -0.39 is 0 Å². The Bertz CT molecular complexity index is 289. The van der Waals surface area contributed by atoms with Gasteiger partial charge in [-0.25, -0.2) is 0 Å². The van der Waals surface area contributed by atoms with Crippen molar-refractivity contribution in [2.45, 2.75) is 53.9 Å². The van der Waals surface area contributed by atoms with Crippen molar-refractivity contribution in [3.8, 4) is 0 Å². The molecule has 0 atom stereocenters. The van der Waals surface area contributed by atoms with Crippen molar-refractivity contribution in [3.63, 3.8) is 0 Å². The van der Waals surface area contributed by atoms with Crippen LogP contribution in [-0.4, -0.2) is 0 Å². The molecular formula is C15H27N. The predicted octanol–water partition coefficient (Wildman–Crippen LogP) is 4.57. The van der Waals surface area contributed by atoms with Gasteiger partial charge in [0.15, 0.2) is 0 Å². The Morgan fingerprint density at radius 1 is 1.25 bits per heavy atom. The van der Waals surface area contributed by atoms with Crippen LogP contribution in [0.4, 0.5) is 0 Å². The molecule has 0 spiro atoms. The van der Waals surface area contributed by atoms with E-state index in [0.29, 0.717) is 5.92 Å². The van der Waals surface area contributed by atoms with E-state index in [-0.39, 0.29) is 0 Å². The lowest BCUT2D eigenvalue weighted by atomic mass is 9.97. The molecule has 0 saturated carbocycles. The second kappa shape index (κ2) is 7.32. The van der Waals surface area contributed by atoms with Gasteiger partial charge in [0.25, 0.3) is 0 Å². The molecule has 92 valence electrons. The van der Waals surface area contributed by atoms with E-state index >= 15 is 0 Å². The van der Waals surface area contributed by atoms with Crippen molar-refractivity contribution in [1.29, 1.82) is 0 Å². The fourth-order valence-corrected chi connectivity index (χ4v) is 1.51. The van der Waals surface area contributed by atoms with Gasteiger partial charge >= 0.3 is 0 Å². The van der Waals surface area contributed by atoms with Crippen LogP contribution >= 0.6 is 0 Å². The highest BCUT2D eigenvalue weighted by Gasteiger charge is 2.01. The van der Waals surface area contributed by atoms with Crippen LogP contribution in [0.15, 0.2) is 35.1 Å². The summed E-state index contributed by atoms with van der Waals surface area (Å²) in [6, 6.07) is 0. The summed E-state index contributed by atoms with van der Waals surface area (Å²) < 4.78 is 0. The average molecular weight is 221 g/mol. The molecule has 0 radical (unpaired) electrons. The van der Waals surface area contributed by atoms with E-state index in [2.05, 4.69) is 40.3 Å². The minimum Gasteiger partial charge on any atom is -0.402 e. The summed E-state index contributed by atoms with van der Waals surface area (Å²) in [5, 5.41) is 0. The normalized spacial score (nSPS) is 14.0. The maximum absolute atomic E-state index is 5.82. The van der Waals surface area contributed by atoms with E-state index in [9.17, 15) is 0 Å². The summed E-state index contributed by atoms with van der Waals surface area (Å²) in [6.07, 6.45) is 5.40. The van der Waals surface area contributed by atoms with Gasteiger partial charge in [-0.2, -0.15) is 0 Å². The van der Waals surface area contributed by atoms with Crippen molar-refractivity contribution in [2.24, 2.45) is 11.7 Å². The predicted molar refractivity (Wildman–Crippen MR) is 74.1 cm³/mol. The Hall–Kier alpha value is -0.980. The molecule has 0 aliphatic heterocycles. The Morgan fingerprint density at radius 2 is 1.81 bits per heavy atom. The first-order valence-electron chi connectivity index (χ1n) is 6.18. The third kappa shape index (κ3) is 5.79. The summed E-state index contributed by atoms with van der Waals surface area (Å²) >= 11 is 0. The topological polar surface area (TPSA) is 26.0 Å². The number of hydrogen-bond acceptors (Lipinski definition) is 1. The van der Waals surface area contributed by atoms with Crippen LogP contribution in [0.2, 0.25) is 0 Å². The molecule has 0 aromatic carbocycles. The molecule has 0 saturated heterocycles. The number of nitrogens with two attached hydrogens (primary N) is 1. The summed E-state index contributed by atoms with van der Waals surface area (Å²) in [7, 11) is 0. The number of hydrogen-bond donors (Lipinski definition) is 1. The minimum atomic E-state index is 0.588. The summed E-state index contributed by atoms with van der Waals surface area (Å²) in [5.74, 6) is 0.588. The van der Waals surface area contributed by atoms with Gasteiger partial charge in [-0.3, -0.25) is 0 Å². The van der Waals surface area contributed by atoms with E-state index in [1.165, 1.54) is 16.7 Å². The van der Waals surface area contributed by atoms with E-state index in [4.69, 9.17) is 5.73 Å². The van der Waals surface area contributed by atoms with Crippen LogP contribution in [0.1, 0.15) is 53.9 Å². The highest BCUT2D eigenvalue weighted by molar-refractivity contribution is 5.26. The first kappa shape index (κ1) is 15.0. The lowest BCUT2D eigenvalue weighted by Gasteiger charge is -2.10. The van der Waals surface area contributed by atoms with Crippen LogP contribution < -0.4 is 5.73 Å². The quantitative estimate of drug-likeness (QED) is 0.516. The molecule has 0 aliphatic carbocycles. The molecule has 1 nitrogen and oxygen atoms in total. The highest BCUT2D eigenvalue weighted by atomic mass is 14.6. The van der Waals surface area contributed by atoms with Gasteiger partial charge in [0.1, 0.15) is 0 Å². The van der Waals surface area contributed by atoms with Gasteiger partial charge in [0, 0.05) is 5.70 Å². The molecule has 2 N–H and O–H groups in total. The molecule has 16 heavy (non-hydrogen) atoms. The zero-order valence-corrected chi connectivity index (χ0v) is 11.6. The van der Waals surface area contributed by atoms with Crippen LogP contribution in [0.25, 0.3) is 0 Å². The molecule has 0 heterocycles. The molecule has 0 aromatic rings. The molecular weight excluding hydrogens is 194 g/mol. The fraction of sp³-hybridized carbons (Fsp3) is 0.600. The van der Waals surface area contributed by atoms with Crippen molar-refractivity contribution in [2.75, 3.05) is 0 Å². The molecule has 0 rings (SSSR count). The number of allylic oxidation sites excluding steroid dienone is 5. The lowest BCUT2D eigenvalue weighted by Crippen LogP contribution is -1.97. The fourth-order valence-electron chi connectivity index (χ4n) is 1.51. The summed E-state index contributed by atoms with van der Waals surface area (Å²) in [4.78, 5) is 0.